The van der Waals surface area contributed by atoms with E-state index >= 15 is 0 Å². The van der Waals surface area contributed by atoms with Gasteiger partial charge in [-0.3, -0.25) is 0 Å². The van der Waals surface area contributed by atoms with Gasteiger partial charge in [-0.25, -0.2) is 15.0 Å². The van der Waals surface area contributed by atoms with E-state index in [2.05, 4.69) is 20.3 Å². The number of anilines is 1. The van der Waals surface area contributed by atoms with Crippen molar-refractivity contribution in [3.63, 3.8) is 0 Å². The van der Waals surface area contributed by atoms with Crippen LogP contribution in [0.3, 0.4) is 0 Å². The van der Waals surface area contributed by atoms with Crippen LogP contribution in [-0.4, -0.2) is 26.1 Å². The van der Waals surface area contributed by atoms with Gasteiger partial charge in [-0.1, -0.05) is 0 Å². The SMILES string of the molecule is CCNc1nccn1Cc1ccnc(C)n1. The Kier molecular flexibility index (Phi) is 3.14. The fourth-order valence-electron chi connectivity index (χ4n) is 1.53. The number of aryl methyl sites for hydroxylation is 1. The standard InChI is InChI=1S/C11H15N5/c1-3-12-11-14-6-7-16(11)8-10-4-5-13-9(2)15-10/h4-7H,3,8H2,1-2H3,(H,12,14). The zero-order chi connectivity index (χ0) is 11.4. The molecule has 16 heavy (non-hydrogen) atoms. The van der Waals surface area contributed by atoms with Gasteiger partial charge in [0.2, 0.25) is 5.95 Å². The maximum absolute atomic E-state index is 4.36. The molecule has 5 heteroatoms. The van der Waals surface area contributed by atoms with Gasteiger partial charge in [0.05, 0.1) is 12.2 Å². The van der Waals surface area contributed by atoms with E-state index in [1.807, 2.05) is 30.7 Å². The van der Waals surface area contributed by atoms with E-state index < -0.39 is 0 Å². The van der Waals surface area contributed by atoms with Crippen molar-refractivity contribution in [1.82, 2.24) is 19.5 Å². The molecule has 0 bridgehead atoms. The van der Waals surface area contributed by atoms with Gasteiger partial charge in [-0.15, -0.1) is 0 Å². The third-order valence-corrected chi connectivity index (χ3v) is 2.22. The first-order valence-electron chi connectivity index (χ1n) is 5.33. The van der Waals surface area contributed by atoms with Crippen molar-refractivity contribution >= 4 is 5.95 Å². The lowest BCUT2D eigenvalue weighted by atomic mass is 10.4. The average Bonchev–Trinajstić information content (AvgIpc) is 2.66. The van der Waals surface area contributed by atoms with Gasteiger partial charge < -0.3 is 9.88 Å². The van der Waals surface area contributed by atoms with E-state index in [0.29, 0.717) is 6.54 Å². The quantitative estimate of drug-likeness (QED) is 0.842. The highest BCUT2D eigenvalue weighted by Gasteiger charge is 2.03. The topological polar surface area (TPSA) is 55.6 Å². The van der Waals surface area contributed by atoms with Crippen molar-refractivity contribution in [3.05, 3.63) is 36.2 Å². The average molecular weight is 217 g/mol. The molecule has 0 saturated heterocycles. The van der Waals surface area contributed by atoms with E-state index in [9.17, 15) is 0 Å². The summed E-state index contributed by atoms with van der Waals surface area (Å²) in [4.78, 5) is 12.7. The van der Waals surface area contributed by atoms with Crippen LogP contribution in [0.15, 0.2) is 24.7 Å². The highest BCUT2D eigenvalue weighted by atomic mass is 15.2. The second kappa shape index (κ2) is 4.74. The van der Waals surface area contributed by atoms with Gasteiger partial charge in [-0.05, 0) is 19.9 Å². The summed E-state index contributed by atoms with van der Waals surface area (Å²) in [5, 5.41) is 3.20. The van der Waals surface area contributed by atoms with Gasteiger partial charge in [-0.2, -0.15) is 0 Å². The molecule has 0 aliphatic heterocycles. The Bertz CT molecular complexity index is 463. The minimum atomic E-state index is 0.714. The van der Waals surface area contributed by atoms with Gasteiger partial charge in [0.15, 0.2) is 0 Å². The Morgan fingerprint density at radius 1 is 1.31 bits per heavy atom. The summed E-state index contributed by atoms with van der Waals surface area (Å²) >= 11 is 0. The van der Waals surface area contributed by atoms with Gasteiger partial charge in [0.1, 0.15) is 5.82 Å². The molecule has 2 aromatic heterocycles. The lowest BCUT2D eigenvalue weighted by Gasteiger charge is -2.07. The Labute approximate surface area is 94.6 Å². The summed E-state index contributed by atoms with van der Waals surface area (Å²) in [5.74, 6) is 1.67. The molecule has 2 rings (SSSR count). The zero-order valence-corrected chi connectivity index (χ0v) is 9.51. The number of hydrogen-bond donors (Lipinski definition) is 1. The Morgan fingerprint density at radius 2 is 2.19 bits per heavy atom. The molecule has 5 nitrogen and oxygen atoms in total. The van der Waals surface area contributed by atoms with Crippen molar-refractivity contribution in [2.24, 2.45) is 0 Å². The molecule has 2 aromatic rings. The summed E-state index contributed by atoms with van der Waals surface area (Å²) in [5.41, 5.74) is 0.990. The first kappa shape index (κ1) is 10.6. The van der Waals surface area contributed by atoms with E-state index in [0.717, 1.165) is 24.0 Å². The van der Waals surface area contributed by atoms with Crippen LogP contribution >= 0.6 is 0 Å². The van der Waals surface area contributed by atoms with Crippen LogP contribution in [-0.2, 0) is 6.54 Å². The van der Waals surface area contributed by atoms with E-state index in [4.69, 9.17) is 0 Å². The Hall–Kier alpha value is -1.91. The molecule has 0 aliphatic carbocycles. The van der Waals surface area contributed by atoms with E-state index in [1.165, 1.54) is 0 Å². The van der Waals surface area contributed by atoms with E-state index in [1.54, 1.807) is 12.4 Å². The first-order valence-corrected chi connectivity index (χ1v) is 5.33. The summed E-state index contributed by atoms with van der Waals surface area (Å²) in [6.45, 7) is 5.52. The summed E-state index contributed by atoms with van der Waals surface area (Å²) < 4.78 is 2.03. The molecule has 1 N–H and O–H groups in total. The molecule has 0 radical (unpaired) electrons. The maximum Gasteiger partial charge on any atom is 0.203 e. The van der Waals surface area contributed by atoms with Gasteiger partial charge in [0.25, 0.3) is 0 Å². The van der Waals surface area contributed by atoms with Crippen LogP contribution in [0.25, 0.3) is 0 Å². The van der Waals surface area contributed by atoms with Crippen molar-refractivity contribution in [2.45, 2.75) is 20.4 Å². The third kappa shape index (κ3) is 2.36. The molecule has 0 spiro atoms. The molecule has 0 atom stereocenters. The Morgan fingerprint density at radius 3 is 2.94 bits per heavy atom. The number of nitrogens with one attached hydrogen (secondary N) is 1. The molecule has 2 heterocycles. The lowest BCUT2D eigenvalue weighted by molar-refractivity contribution is 0.765. The van der Waals surface area contributed by atoms with Crippen molar-refractivity contribution in [3.8, 4) is 0 Å². The van der Waals surface area contributed by atoms with Crippen LogP contribution in [0, 0.1) is 6.92 Å². The van der Waals surface area contributed by atoms with E-state index in [-0.39, 0.29) is 0 Å². The molecule has 84 valence electrons. The van der Waals surface area contributed by atoms with Crippen LogP contribution in [0.5, 0.6) is 0 Å². The smallest absolute Gasteiger partial charge is 0.203 e. The lowest BCUT2D eigenvalue weighted by Crippen LogP contribution is -2.08. The highest BCUT2D eigenvalue weighted by Crippen LogP contribution is 2.07. The van der Waals surface area contributed by atoms with Crippen molar-refractivity contribution < 1.29 is 0 Å². The number of hydrogen-bond acceptors (Lipinski definition) is 4. The molecule has 0 aromatic carbocycles. The molecule has 0 aliphatic rings. The second-order valence-electron chi connectivity index (χ2n) is 3.50. The van der Waals surface area contributed by atoms with Gasteiger partial charge in [0, 0.05) is 25.1 Å². The van der Waals surface area contributed by atoms with Crippen LogP contribution in [0.2, 0.25) is 0 Å². The normalized spacial score (nSPS) is 10.4. The number of aromatic nitrogens is 4. The summed E-state index contributed by atoms with van der Waals surface area (Å²) in [6, 6.07) is 1.92. The molecular formula is C11H15N5. The van der Waals surface area contributed by atoms with Crippen LogP contribution < -0.4 is 5.32 Å². The third-order valence-electron chi connectivity index (χ3n) is 2.22. The molecule has 0 unspecified atom stereocenters. The monoisotopic (exact) mass is 217 g/mol. The Balaban J connectivity index is 2.17. The predicted molar refractivity (Wildman–Crippen MR) is 62.3 cm³/mol. The largest absolute Gasteiger partial charge is 0.356 e. The fraction of sp³-hybridized carbons (Fsp3) is 0.364. The zero-order valence-electron chi connectivity index (χ0n) is 9.51. The minimum Gasteiger partial charge on any atom is -0.356 e. The fourth-order valence-corrected chi connectivity index (χ4v) is 1.53. The van der Waals surface area contributed by atoms with Crippen molar-refractivity contribution in [2.75, 3.05) is 11.9 Å². The molecular weight excluding hydrogens is 202 g/mol. The van der Waals surface area contributed by atoms with Crippen LogP contribution in [0.1, 0.15) is 18.4 Å². The molecule has 0 amide bonds. The first-order chi connectivity index (χ1) is 7.79. The number of nitrogens with zero attached hydrogens (tertiary/aromatic N) is 4. The van der Waals surface area contributed by atoms with Gasteiger partial charge >= 0.3 is 0 Å². The predicted octanol–water partition coefficient (Wildman–Crippen LogP) is 1.46. The summed E-state index contributed by atoms with van der Waals surface area (Å²) in [6.07, 6.45) is 5.50. The highest BCUT2D eigenvalue weighted by molar-refractivity contribution is 5.26. The molecule has 0 fully saturated rings. The summed E-state index contributed by atoms with van der Waals surface area (Å²) in [7, 11) is 0. The maximum atomic E-state index is 4.36. The van der Waals surface area contributed by atoms with Crippen LogP contribution in [0.4, 0.5) is 5.95 Å². The minimum absolute atomic E-state index is 0.714. The van der Waals surface area contributed by atoms with Crippen molar-refractivity contribution in [1.29, 1.82) is 0 Å². The number of rotatable bonds is 4. The molecule has 0 saturated carbocycles. The number of imidazole rings is 1. The second-order valence-corrected chi connectivity index (χ2v) is 3.50.